The van der Waals surface area contributed by atoms with Crippen molar-refractivity contribution < 1.29 is 13.5 Å². The second-order valence-corrected chi connectivity index (χ2v) is 7.44. The van der Waals surface area contributed by atoms with E-state index >= 15 is 0 Å². The van der Waals surface area contributed by atoms with Crippen LogP contribution in [-0.4, -0.2) is 42.0 Å². The van der Waals surface area contributed by atoms with Crippen molar-refractivity contribution >= 4 is 21.6 Å². The Labute approximate surface area is 128 Å². The normalized spacial score (nSPS) is 17.3. The summed E-state index contributed by atoms with van der Waals surface area (Å²) in [6, 6.07) is 1.05. The number of pyridine rings is 1. The lowest BCUT2D eigenvalue weighted by atomic mass is 9.95. The maximum absolute atomic E-state index is 12.7. The van der Waals surface area contributed by atoms with Crippen molar-refractivity contribution in [3.8, 4) is 0 Å². The highest BCUT2D eigenvalue weighted by molar-refractivity contribution is 7.89. The van der Waals surface area contributed by atoms with Gasteiger partial charge >= 0.3 is 0 Å². The maximum atomic E-state index is 12.7. The molecule has 21 heavy (non-hydrogen) atoms. The molecule has 0 atom stereocenters. The summed E-state index contributed by atoms with van der Waals surface area (Å²) in [6.07, 6.45) is 5.79. The van der Waals surface area contributed by atoms with E-state index in [-0.39, 0.29) is 29.1 Å². The third-order valence-corrected chi connectivity index (χ3v) is 5.95. The topological polar surface area (TPSA) is 90.5 Å². The Morgan fingerprint density at radius 3 is 2.57 bits per heavy atom. The second kappa shape index (κ2) is 6.91. The van der Waals surface area contributed by atoms with E-state index in [1.54, 1.807) is 0 Å². The number of nitrogens with zero attached hydrogens (tertiary/aromatic N) is 1. The van der Waals surface area contributed by atoms with E-state index in [1.165, 1.54) is 4.31 Å². The SMILES string of the molecule is O=c1[nH]cc(S(=O)(=O)N(CCO)C2CCCCC2)cc1Cl. The Morgan fingerprint density at radius 2 is 2.00 bits per heavy atom. The summed E-state index contributed by atoms with van der Waals surface area (Å²) in [5, 5.41) is 9.02. The van der Waals surface area contributed by atoms with E-state index in [0.29, 0.717) is 0 Å². The van der Waals surface area contributed by atoms with Crippen LogP contribution in [0.2, 0.25) is 5.02 Å². The predicted octanol–water partition coefficient (Wildman–Crippen LogP) is 1.34. The van der Waals surface area contributed by atoms with Crippen molar-refractivity contribution in [3.63, 3.8) is 0 Å². The van der Waals surface area contributed by atoms with Gasteiger partial charge < -0.3 is 10.1 Å². The Balaban J connectivity index is 2.36. The average Bonchev–Trinajstić information content (AvgIpc) is 2.48. The number of aromatic nitrogens is 1. The number of aliphatic hydroxyl groups is 1. The number of hydrogen-bond acceptors (Lipinski definition) is 4. The summed E-state index contributed by atoms with van der Waals surface area (Å²) < 4.78 is 26.8. The standard InChI is InChI=1S/C13H19ClN2O4S/c14-12-8-11(9-15-13(12)18)21(19,20)16(6-7-17)10-4-2-1-3-5-10/h8-10,17H,1-7H2,(H,15,18). The summed E-state index contributed by atoms with van der Waals surface area (Å²) in [6.45, 7) is -0.198. The van der Waals surface area contributed by atoms with Gasteiger partial charge in [-0.05, 0) is 18.9 Å². The third-order valence-electron chi connectivity index (χ3n) is 3.74. The molecule has 1 aliphatic rings. The number of nitrogens with one attached hydrogen (secondary N) is 1. The number of halogens is 1. The molecule has 0 aliphatic heterocycles. The molecule has 0 radical (unpaired) electrons. The van der Waals surface area contributed by atoms with Crippen LogP contribution in [0.15, 0.2) is 22.0 Å². The van der Waals surface area contributed by atoms with E-state index in [2.05, 4.69) is 4.98 Å². The molecule has 1 heterocycles. The summed E-state index contributed by atoms with van der Waals surface area (Å²) in [7, 11) is -3.78. The molecule has 1 aliphatic carbocycles. The summed E-state index contributed by atoms with van der Waals surface area (Å²) >= 11 is 5.71. The number of sulfonamides is 1. The lowest BCUT2D eigenvalue weighted by molar-refractivity contribution is 0.199. The highest BCUT2D eigenvalue weighted by Crippen LogP contribution is 2.27. The van der Waals surface area contributed by atoms with Crippen LogP contribution in [0.5, 0.6) is 0 Å². The minimum atomic E-state index is -3.78. The first-order valence-corrected chi connectivity index (χ1v) is 8.79. The van der Waals surface area contributed by atoms with Crippen LogP contribution < -0.4 is 5.56 Å². The van der Waals surface area contributed by atoms with Crippen molar-refractivity contribution in [2.24, 2.45) is 0 Å². The Bertz CT molecular complexity index is 638. The average molecular weight is 335 g/mol. The first-order valence-electron chi connectivity index (χ1n) is 6.97. The Hall–Kier alpha value is -0.890. The van der Waals surface area contributed by atoms with Gasteiger partial charge in [0.25, 0.3) is 5.56 Å². The highest BCUT2D eigenvalue weighted by Gasteiger charge is 2.32. The molecule has 6 nitrogen and oxygen atoms in total. The smallest absolute Gasteiger partial charge is 0.266 e. The molecule has 1 fully saturated rings. The molecule has 0 saturated heterocycles. The van der Waals surface area contributed by atoms with Gasteiger partial charge in [0.2, 0.25) is 10.0 Å². The Morgan fingerprint density at radius 1 is 1.33 bits per heavy atom. The lowest BCUT2D eigenvalue weighted by Crippen LogP contribution is -2.43. The molecular formula is C13H19ClN2O4S. The number of aromatic amines is 1. The number of H-pyrrole nitrogens is 1. The monoisotopic (exact) mass is 334 g/mol. The highest BCUT2D eigenvalue weighted by atomic mass is 35.5. The summed E-state index contributed by atoms with van der Waals surface area (Å²) in [5.74, 6) is 0. The summed E-state index contributed by atoms with van der Waals surface area (Å²) in [4.78, 5) is 13.5. The fraction of sp³-hybridized carbons (Fsp3) is 0.615. The first-order chi connectivity index (χ1) is 9.96. The van der Waals surface area contributed by atoms with Crippen LogP contribution >= 0.6 is 11.6 Å². The van der Waals surface area contributed by atoms with Gasteiger partial charge in [0.05, 0.1) is 11.5 Å². The molecule has 0 unspecified atom stereocenters. The van der Waals surface area contributed by atoms with Crippen LogP contribution in [0.1, 0.15) is 32.1 Å². The zero-order chi connectivity index (χ0) is 15.5. The molecule has 118 valence electrons. The fourth-order valence-electron chi connectivity index (χ4n) is 2.69. The molecule has 1 saturated carbocycles. The van der Waals surface area contributed by atoms with Crippen molar-refractivity contribution in [2.75, 3.05) is 13.2 Å². The van der Waals surface area contributed by atoms with E-state index in [9.17, 15) is 18.3 Å². The minimum absolute atomic E-state index is 0.0454. The van der Waals surface area contributed by atoms with Crippen LogP contribution in [0, 0.1) is 0 Å². The molecule has 0 spiro atoms. The van der Waals surface area contributed by atoms with Gasteiger partial charge in [0.15, 0.2) is 0 Å². The van der Waals surface area contributed by atoms with Crippen LogP contribution in [0.3, 0.4) is 0 Å². The van der Waals surface area contributed by atoms with Crippen molar-refractivity contribution in [2.45, 2.75) is 43.0 Å². The molecule has 0 aromatic carbocycles. The minimum Gasteiger partial charge on any atom is -0.395 e. The second-order valence-electron chi connectivity index (χ2n) is 5.14. The van der Waals surface area contributed by atoms with Gasteiger partial charge in [0.1, 0.15) is 5.02 Å². The van der Waals surface area contributed by atoms with Gasteiger partial charge in [-0.25, -0.2) is 8.42 Å². The molecule has 2 N–H and O–H groups in total. The molecule has 2 rings (SSSR count). The van der Waals surface area contributed by atoms with Gasteiger partial charge in [-0.1, -0.05) is 30.9 Å². The Kier molecular flexibility index (Phi) is 5.43. The van der Waals surface area contributed by atoms with Crippen molar-refractivity contribution in [3.05, 3.63) is 27.6 Å². The van der Waals surface area contributed by atoms with Gasteiger partial charge in [-0.15, -0.1) is 0 Å². The lowest BCUT2D eigenvalue weighted by Gasteiger charge is -2.32. The fourth-order valence-corrected chi connectivity index (χ4v) is 4.60. The largest absolute Gasteiger partial charge is 0.395 e. The number of rotatable bonds is 5. The van der Waals surface area contributed by atoms with Gasteiger partial charge in [-0.2, -0.15) is 4.31 Å². The van der Waals surface area contributed by atoms with E-state index in [1.807, 2.05) is 0 Å². The number of aliphatic hydroxyl groups excluding tert-OH is 1. The maximum Gasteiger partial charge on any atom is 0.266 e. The van der Waals surface area contributed by atoms with Crippen LogP contribution in [-0.2, 0) is 10.0 Å². The zero-order valence-electron chi connectivity index (χ0n) is 11.6. The van der Waals surface area contributed by atoms with E-state index in [0.717, 1.165) is 44.4 Å². The molecule has 1 aromatic heterocycles. The molecule has 8 heteroatoms. The molecular weight excluding hydrogens is 316 g/mol. The first kappa shape index (κ1) is 16.5. The van der Waals surface area contributed by atoms with Crippen LogP contribution in [0.25, 0.3) is 0 Å². The third kappa shape index (κ3) is 3.66. The van der Waals surface area contributed by atoms with Gasteiger partial charge in [-0.3, -0.25) is 4.79 Å². The quantitative estimate of drug-likeness (QED) is 0.850. The van der Waals surface area contributed by atoms with Crippen molar-refractivity contribution in [1.82, 2.24) is 9.29 Å². The zero-order valence-corrected chi connectivity index (χ0v) is 13.2. The van der Waals surface area contributed by atoms with Crippen molar-refractivity contribution in [1.29, 1.82) is 0 Å². The summed E-state index contributed by atoms with van der Waals surface area (Å²) in [5.41, 5.74) is -0.526. The van der Waals surface area contributed by atoms with E-state index < -0.39 is 15.6 Å². The van der Waals surface area contributed by atoms with E-state index in [4.69, 9.17) is 11.6 Å². The molecule has 1 aromatic rings. The predicted molar refractivity (Wildman–Crippen MR) is 79.9 cm³/mol. The number of hydrogen-bond donors (Lipinski definition) is 2. The molecule has 0 bridgehead atoms. The van der Waals surface area contributed by atoms with Gasteiger partial charge in [0, 0.05) is 18.8 Å². The molecule has 0 amide bonds. The van der Waals surface area contributed by atoms with Crippen LogP contribution in [0.4, 0.5) is 0 Å².